The van der Waals surface area contributed by atoms with Crippen LogP contribution in [0, 0.1) is 5.92 Å². The van der Waals surface area contributed by atoms with Crippen LogP contribution in [0.25, 0.3) is 0 Å². The van der Waals surface area contributed by atoms with Crippen molar-refractivity contribution in [2.24, 2.45) is 5.92 Å². The zero-order chi connectivity index (χ0) is 10.4. The topological polar surface area (TPSA) is 17.1 Å². The molecular formula is C12H20OS. The van der Waals surface area contributed by atoms with E-state index in [4.69, 9.17) is 0 Å². The number of hydrogen-bond acceptors (Lipinski definition) is 2. The maximum absolute atomic E-state index is 11.7. The Morgan fingerprint density at radius 3 is 3.07 bits per heavy atom. The molecule has 0 unspecified atom stereocenters. The molecule has 80 valence electrons. The molecule has 0 saturated heterocycles. The van der Waals surface area contributed by atoms with Gasteiger partial charge in [-0.2, -0.15) is 0 Å². The van der Waals surface area contributed by atoms with Gasteiger partial charge in [0.15, 0.2) is 5.78 Å². The van der Waals surface area contributed by atoms with Gasteiger partial charge in [-0.15, -0.1) is 11.8 Å². The second-order valence-electron chi connectivity index (χ2n) is 4.02. The van der Waals surface area contributed by atoms with E-state index in [1.54, 1.807) is 0 Å². The van der Waals surface area contributed by atoms with Crippen molar-refractivity contribution >= 4 is 17.5 Å². The normalized spacial score (nSPS) is 25.7. The van der Waals surface area contributed by atoms with Crippen molar-refractivity contribution in [1.29, 1.82) is 0 Å². The molecule has 1 aliphatic rings. The van der Waals surface area contributed by atoms with E-state index in [9.17, 15) is 4.79 Å². The van der Waals surface area contributed by atoms with E-state index in [1.807, 2.05) is 18.7 Å². The van der Waals surface area contributed by atoms with E-state index in [2.05, 4.69) is 12.3 Å². The smallest absolute Gasteiger partial charge is 0.162 e. The number of unbranched alkanes of at least 4 members (excludes halogenated alkanes) is 1. The van der Waals surface area contributed by atoms with Crippen molar-refractivity contribution in [3.8, 4) is 0 Å². The number of allylic oxidation sites excluding steroid dienone is 1. The van der Waals surface area contributed by atoms with Gasteiger partial charge < -0.3 is 0 Å². The zero-order valence-corrected chi connectivity index (χ0v) is 10.0. The molecule has 0 aromatic carbocycles. The van der Waals surface area contributed by atoms with Crippen molar-refractivity contribution in [2.75, 3.05) is 5.75 Å². The molecule has 0 N–H and O–H groups in total. The molecule has 0 spiro atoms. The second kappa shape index (κ2) is 6.28. The molecule has 1 atom stereocenters. The fraction of sp³-hybridized carbons (Fsp3) is 0.750. The number of hydrogen-bond donors (Lipinski definition) is 0. The average Bonchev–Trinajstić information content (AvgIpc) is 2.19. The number of thioether (sulfide) groups is 1. The van der Waals surface area contributed by atoms with Crippen LogP contribution in [0.15, 0.2) is 11.0 Å². The number of ketones is 1. The van der Waals surface area contributed by atoms with Gasteiger partial charge in [0.25, 0.3) is 0 Å². The largest absolute Gasteiger partial charge is 0.294 e. The fourth-order valence-corrected chi connectivity index (χ4v) is 2.68. The summed E-state index contributed by atoms with van der Waals surface area (Å²) >= 11 is 1.81. The van der Waals surface area contributed by atoms with Crippen LogP contribution in [-0.4, -0.2) is 11.5 Å². The van der Waals surface area contributed by atoms with Gasteiger partial charge in [0.1, 0.15) is 0 Å². The molecule has 1 fully saturated rings. The lowest BCUT2D eigenvalue weighted by Crippen LogP contribution is -2.18. The third-order valence-electron chi connectivity index (χ3n) is 2.69. The Balaban J connectivity index is 2.37. The molecule has 0 aromatic heterocycles. The summed E-state index contributed by atoms with van der Waals surface area (Å²) in [5.41, 5.74) is 1.07. The molecular weight excluding hydrogens is 192 g/mol. The lowest BCUT2D eigenvalue weighted by atomic mass is 9.86. The van der Waals surface area contributed by atoms with Crippen LogP contribution in [-0.2, 0) is 4.79 Å². The third kappa shape index (κ3) is 3.49. The maximum atomic E-state index is 11.7. The Kier molecular flexibility index (Phi) is 5.31. The predicted molar refractivity (Wildman–Crippen MR) is 63.5 cm³/mol. The summed E-state index contributed by atoms with van der Waals surface area (Å²) in [5.74, 6) is 1.81. The van der Waals surface area contributed by atoms with E-state index in [0.29, 0.717) is 5.78 Å². The van der Waals surface area contributed by atoms with Crippen LogP contribution in [0.1, 0.15) is 46.0 Å². The maximum Gasteiger partial charge on any atom is 0.162 e. The molecule has 0 aromatic rings. The van der Waals surface area contributed by atoms with Crippen LogP contribution in [0.3, 0.4) is 0 Å². The van der Waals surface area contributed by atoms with Crippen LogP contribution in [0.2, 0.25) is 0 Å². The van der Waals surface area contributed by atoms with Crippen molar-refractivity contribution in [2.45, 2.75) is 46.0 Å². The number of Topliss-reactive ketones (excluding diaryl/α,β-unsaturated/α-hetero) is 1. The molecule has 1 nitrogen and oxygen atoms in total. The Hall–Kier alpha value is -0.240. The van der Waals surface area contributed by atoms with Crippen molar-refractivity contribution in [3.63, 3.8) is 0 Å². The highest BCUT2D eigenvalue weighted by atomic mass is 32.2. The summed E-state index contributed by atoms with van der Waals surface area (Å²) in [7, 11) is 0. The highest BCUT2D eigenvalue weighted by Gasteiger charge is 2.21. The molecule has 0 radical (unpaired) electrons. The van der Waals surface area contributed by atoms with Gasteiger partial charge in [0.2, 0.25) is 0 Å². The summed E-state index contributed by atoms with van der Waals surface area (Å²) in [5, 5.41) is 2.10. The van der Waals surface area contributed by atoms with Crippen LogP contribution >= 0.6 is 11.8 Å². The lowest BCUT2D eigenvalue weighted by Gasteiger charge is -2.18. The molecule has 1 saturated carbocycles. The fourth-order valence-electron chi connectivity index (χ4n) is 1.67. The molecule has 2 heteroatoms. The summed E-state index contributed by atoms with van der Waals surface area (Å²) < 4.78 is 0. The molecule has 0 aliphatic heterocycles. The van der Waals surface area contributed by atoms with E-state index < -0.39 is 0 Å². The molecule has 0 heterocycles. The SMILES string of the molecule is CCCCS/C=C1/CCC[C@H](C)C1=O. The summed E-state index contributed by atoms with van der Waals surface area (Å²) in [6, 6.07) is 0. The van der Waals surface area contributed by atoms with Crippen LogP contribution in [0.4, 0.5) is 0 Å². The van der Waals surface area contributed by atoms with E-state index >= 15 is 0 Å². The standard InChI is InChI=1S/C12H20OS/c1-3-4-8-14-9-11-7-5-6-10(2)12(11)13/h9-10H,3-8H2,1-2H3/b11-9-/t10-/m0/s1. The Morgan fingerprint density at radius 2 is 2.36 bits per heavy atom. The minimum absolute atomic E-state index is 0.266. The Morgan fingerprint density at radius 1 is 1.57 bits per heavy atom. The molecule has 0 amide bonds. The molecule has 14 heavy (non-hydrogen) atoms. The highest BCUT2D eigenvalue weighted by Crippen LogP contribution is 2.26. The van der Waals surface area contributed by atoms with E-state index in [-0.39, 0.29) is 5.92 Å². The van der Waals surface area contributed by atoms with Gasteiger partial charge >= 0.3 is 0 Å². The van der Waals surface area contributed by atoms with Gasteiger partial charge in [-0.3, -0.25) is 4.79 Å². The minimum Gasteiger partial charge on any atom is -0.294 e. The van der Waals surface area contributed by atoms with Gasteiger partial charge in [0.05, 0.1) is 0 Å². The van der Waals surface area contributed by atoms with Gasteiger partial charge in [-0.05, 0) is 36.8 Å². The number of rotatable bonds is 4. The van der Waals surface area contributed by atoms with Crippen LogP contribution < -0.4 is 0 Å². The minimum atomic E-state index is 0.266. The lowest BCUT2D eigenvalue weighted by molar-refractivity contribution is -0.119. The Labute approximate surface area is 91.3 Å². The first kappa shape index (κ1) is 11.8. The Bertz CT molecular complexity index is 220. The molecule has 1 rings (SSSR count). The first-order chi connectivity index (χ1) is 6.75. The first-order valence-electron chi connectivity index (χ1n) is 5.60. The summed E-state index contributed by atoms with van der Waals surface area (Å²) in [4.78, 5) is 11.7. The van der Waals surface area contributed by atoms with Crippen molar-refractivity contribution in [1.82, 2.24) is 0 Å². The zero-order valence-electron chi connectivity index (χ0n) is 9.21. The van der Waals surface area contributed by atoms with E-state index in [0.717, 1.165) is 24.2 Å². The van der Waals surface area contributed by atoms with Crippen molar-refractivity contribution < 1.29 is 4.79 Å². The monoisotopic (exact) mass is 212 g/mol. The molecule has 0 bridgehead atoms. The quantitative estimate of drug-likeness (QED) is 0.521. The van der Waals surface area contributed by atoms with Gasteiger partial charge in [-0.1, -0.05) is 20.3 Å². The third-order valence-corrected chi connectivity index (χ3v) is 3.66. The van der Waals surface area contributed by atoms with Gasteiger partial charge in [-0.25, -0.2) is 0 Å². The predicted octanol–water partition coefficient (Wildman–Crippen LogP) is 3.79. The van der Waals surface area contributed by atoms with Gasteiger partial charge in [0, 0.05) is 11.5 Å². The van der Waals surface area contributed by atoms with Crippen molar-refractivity contribution in [3.05, 3.63) is 11.0 Å². The first-order valence-corrected chi connectivity index (χ1v) is 6.65. The highest BCUT2D eigenvalue weighted by molar-refractivity contribution is 8.02. The summed E-state index contributed by atoms with van der Waals surface area (Å²) in [6.45, 7) is 4.24. The molecule has 1 aliphatic carbocycles. The summed E-state index contributed by atoms with van der Waals surface area (Å²) in [6.07, 6.45) is 5.75. The van der Waals surface area contributed by atoms with Crippen LogP contribution in [0.5, 0.6) is 0 Å². The number of carbonyl (C=O) groups is 1. The number of carbonyl (C=O) groups excluding carboxylic acids is 1. The van der Waals surface area contributed by atoms with E-state index in [1.165, 1.54) is 19.3 Å². The second-order valence-corrected chi connectivity index (χ2v) is 5.00. The average molecular weight is 212 g/mol.